The predicted molar refractivity (Wildman–Crippen MR) is 80.2 cm³/mol. The van der Waals surface area contributed by atoms with Crippen LogP contribution < -0.4 is 5.73 Å². The van der Waals surface area contributed by atoms with Gasteiger partial charge in [0.05, 0.1) is 18.2 Å². The standard InChI is InChI=1S/C15H20ClN3/c1-11(2)7-12(8-17)19-10-18-9-15(19)13-5-3-4-6-14(13)16/h3-6,9-12H,7-8,17H2,1-2H3. The fraction of sp³-hybridized carbons (Fsp3) is 0.400. The highest BCUT2D eigenvalue weighted by molar-refractivity contribution is 6.33. The van der Waals surface area contributed by atoms with Crippen LogP contribution in [0.15, 0.2) is 36.8 Å². The topological polar surface area (TPSA) is 43.8 Å². The number of nitrogens with zero attached hydrogens (tertiary/aromatic N) is 2. The Morgan fingerprint density at radius 1 is 1.32 bits per heavy atom. The lowest BCUT2D eigenvalue weighted by atomic mass is 10.0. The number of aromatic nitrogens is 2. The van der Waals surface area contributed by atoms with Gasteiger partial charge in [0.25, 0.3) is 0 Å². The summed E-state index contributed by atoms with van der Waals surface area (Å²) in [4.78, 5) is 4.26. The summed E-state index contributed by atoms with van der Waals surface area (Å²) in [5.41, 5.74) is 7.95. The third-order valence-corrected chi connectivity index (χ3v) is 3.55. The van der Waals surface area contributed by atoms with Crippen LogP contribution in [0.1, 0.15) is 26.3 Å². The fourth-order valence-corrected chi connectivity index (χ4v) is 2.57. The number of rotatable bonds is 5. The number of hydrogen-bond acceptors (Lipinski definition) is 2. The first kappa shape index (κ1) is 14.1. The van der Waals surface area contributed by atoms with Crippen LogP contribution >= 0.6 is 11.6 Å². The summed E-state index contributed by atoms with van der Waals surface area (Å²) < 4.78 is 2.14. The number of hydrogen-bond donors (Lipinski definition) is 1. The first-order chi connectivity index (χ1) is 9.13. The zero-order chi connectivity index (χ0) is 13.8. The van der Waals surface area contributed by atoms with Crippen molar-refractivity contribution in [3.05, 3.63) is 41.8 Å². The summed E-state index contributed by atoms with van der Waals surface area (Å²) in [5, 5.41) is 0.740. The average molecular weight is 278 g/mol. The summed E-state index contributed by atoms with van der Waals surface area (Å²) in [6.45, 7) is 5.01. The van der Waals surface area contributed by atoms with Crippen molar-refractivity contribution in [2.24, 2.45) is 11.7 Å². The summed E-state index contributed by atoms with van der Waals surface area (Å²) in [6.07, 6.45) is 4.73. The molecule has 1 unspecified atom stereocenters. The third kappa shape index (κ3) is 3.17. The van der Waals surface area contributed by atoms with Gasteiger partial charge in [0.15, 0.2) is 0 Å². The van der Waals surface area contributed by atoms with Gasteiger partial charge in [-0.1, -0.05) is 43.6 Å². The lowest BCUT2D eigenvalue weighted by Crippen LogP contribution is -2.21. The van der Waals surface area contributed by atoms with Crippen LogP contribution in [0.2, 0.25) is 5.02 Å². The first-order valence-corrected chi connectivity index (χ1v) is 6.98. The van der Waals surface area contributed by atoms with Gasteiger partial charge in [-0.05, 0) is 18.4 Å². The van der Waals surface area contributed by atoms with Gasteiger partial charge in [0, 0.05) is 23.2 Å². The maximum atomic E-state index is 6.27. The molecule has 1 aromatic carbocycles. The second kappa shape index (κ2) is 6.22. The van der Waals surface area contributed by atoms with Crippen molar-refractivity contribution >= 4 is 11.6 Å². The predicted octanol–water partition coefficient (Wildman–Crippen LogP) is 3.75. The highest BCUT2D eigenvalue weighted by atomic mass is 35.5. The SMILES string of the molecule is CC(C)CC(CN)n1cncc1-c1ccccc1Cl. The quantitative estimate of drug-likeness (QED) is 0.904. The Morgan fingerprint density at radius 3 is 2.68 bits per heavy atom. The van der Waals surface area contributed by atoms with E-state index in [4.69, 9.17) is 17.3 Å². The van der Waals surface area contributed by atoms with Gasteiger partial charge in [-0.25, -0.2) is 4.98 Å². The van der Waals surface area contributed by atoms with E-state index >= 15 is 0 Å². The molecule has 1 aromatic heterocycles. The lowest BCUT2D eigenvalue weighted by molar-refractivity contribution is 0.410. The Morgan fingerprint density at radius 2 is 2.05 bits per heavy atom. The molecule has 0 aliphatic rings. The van der Waals surface area contributed by atoms with Gasteiger partial charge in [-0.3, -0.25) is 0 Å². The van der Waals surface area contributed by atoms with E-state index in [1.54, 1.807) is 0 Å². The number of benzene rings is 1. The number of halogens is 1. The molecule has 0 amide bonds. The lowest BCUT2D eigenvalue weighted by Gasteiger charge is -2.21. The Labute approximate surface area is 119 Å². The smallest absolute Gasteiger partial charge is 0.0954 e. The van der Waals surface area contributed by atoms with E-state index in [2.05, 4.69) is 23.4 Å². The third-order valence-electron chi connectivity index (χ3n) is 3.22. The van der Waals surface area contributed by atoms with E-state index in [1.807, 2.05) is 36.8 Å². The monoisotopic (exact) mass is 277 g/mol. The zero-order valence-electron chi connectivity index (χ0n) is 11.4. The molecular weight excluding hydrogens is 258 g/mol. The van der Waals surface area contributed by atoms with Crippen molar-refractivity contribution in [1.82, 2.24) is 9.55 Å². The van der Waals surface area contributed by atoms with Gasteiger partial charge >= 0.3 is 0 Å². The minimum Gasteiger partial charge on any atom is -0.328 e. The highest BCUT2D eigenvalue weighted by Crippen LogP contribution is 2.30. The molecule has 2 N–H and O–H groups in total. The molecule has 4 heteroatoms. The number of imidazole rings is 1. The molecule has 0 radical (unpaired) electrons. The van der Waals surface area contributed by atoms with E-state index in [0.29, 0.717) is 12.5 Å². The minimum atomic E-state index is 0.258. The van der Waals surface area contributed by atoms with Crippen LogP contribution in [-0.2, 0) is 0 Å². The summed E-state index contributed by atoms with van der Waals surface area (Å²) in [7, 11) is 0. The van der Waals surface area contributed by atoms with E-state index in [1.165, 1.54) is 0 Å². The van der Waals surface area contributed by atoms with E-state index in [9.17, 15) is 0 Å². The Hall–Kier alpha value is -1.32. The van der Waals surface area contributed by atoms with Crippen LogP contribution in [0.3, 0.4) is 0 Å². The molecule has 2 rings (SSSR count). The van der Waals surface area contributed by atoms with Crippen LogP contribution in [0.25, 0.3) is 11.3 Å². The van der Waals surface area contributed by atoms with Crippen molar-refractivity contribution in [1.29, 1.82) is 0 Å². The van der Waals surface area contributed by atoms with Crippen molar-refractivity contribution < 1.29 is 0 Å². The van der Waals surface area contributed by atoms with Crippen molar-refractivity contribution in [2.45, 2.75) is 26.3 Å². The number of nitrogens with two attached hydrogens (primary N) is 1. The molecule has 0 bridgehead atoms. The summed E-state index contributed by atoms with van der Waals surface area (Å²) in [5.74, 6) is 0.593. The van der Waals surface area contributed by atoms with Crippen LogP contribution in [0.4, 0.5) is 0 Å². The normalized spacial score (nSPS) is 12.9. The molecule has 0 aliphatic carbocycles. The molecule has 0 saturated carbocycles. The van der Waals surface area contributed by atoms with Crippen LogP contribution in [-0.4, -0.2) is 16.1 Å². The fourth-order valence-electron chi connectivity index (χ4n) is 2.34. The molecule has 0 saturated heterocycles. The van der Waals surface area contributed by atoms with E-state index < -0.39 is 0 Å². The van der Waals surface area contributed by atoms with Gasteiger partial charge in [0.1, 0.15) is 0 Å². The van der Waals surface area contributed by atoms with Gasteiger partial charge < -0.3 is 10.3 Å². The molecule has 1 atom stereocenters. The maximum Gasteiger partial charge on any atom is 0.0954 e. The molecular formula is C15H20ClN3. The Bertz CT molecular complexity index is 534. The molecule has 3 nitrogen and oxygen atoms in total. The van der Waals surface area contributed by atoms with E-state index in [-0.39, 0.29) is 6.04 Å². The molecule has 1 heterocycles. The maximum absolute atomic E-state index is 6.27. The van der Waals surface area contributed by atoms with Crippen LogP contribution in [0.5, 0.6) is 0 Å². The molecule has 0 fully saturated rings. The van der Waals surface area contributed by atoms with Crippen molar-refractivity contribution in [3.8, 4) is 11.3 Å². The summed E-state index contributed by atoms with van der Waals surface area (Å²) in [6, 6.07) is 8.08. The second-order valence-corrected chi connectivity index (χ2v) is 5.59. The largest absolute Gasteiger partial charge is 0.328 e. The van der Waals surface area contributed by atoms with Gasteiger partial charge in [0.2, 0.25) is 0 Å². The van der Waals surface area contributed by atoms with Gasteiger partial charge in [-0.2, -0.15) is 0 Å². The zero-order valence-corrected chi connectivity index (χ0v) is 12.1. The van der Waals surface area contributed by atoms with Crippen LogP contribution in [0, 0.1) is 5.92 Å². The first-order valence-electron chi connectivity index (χ1n) is 6.60. The average Bonchev–Trinajstić information content (AvgIpc) is 2.85. The van der Waals surface area contributed by atoms with Crippen molar-refractivity contribution in [3.63, 3.8) is 0 Å². The van der Waals surface area contributed by atoms with Gasteiger partial charge in [-0.15, -0.1) is 0 Å². The minimum absolute atomic E-state index is 0.258. The molecule has 19 heavy (non-hydrogen) atoms. The highest BCUT2D eigenvalue weighted by Gasteiger charge is 2.16. The Kier molecular flexibility index (Phi) is 4.61. The molecule has 0 spiro atoms. The van der Waals surface area contributed by atoms with E-state index in [0.717, 1.165) is 22.7 Å². The summed E-state index contributed by atoms with van der Waals surface area (Å²) >= 11 is 6.27. The molecule has 0 aliphatic heterocycles. The van der Waals surface area contributed by atoms with Crippen molar-refractivity contribution in [2.75, 3.05) is 6.54 Å². The molecule has 102 valence electrons. The molecule has 2 aromatic rings. The Balaban J connectivity index is 2.39. The second-order valence-electron chi connectivity index (χ2n) is 5.19.